The Morgan fingerprint density at radius 2 is 1.92 bits per heavy atom. The van der Waals surface area contributed by atoms with E-state index < -0.39 is 0 Å². The predicted molar refractivity (Wildman–Crippen MR) is 94.4 cm³/mol. The van der Waals surface area contributed by atoms with Crippen LogP contribution in [0.3, 0.4) is 0 Å². The number of ether oxygens (including phenoxy) is 2. The third-order valence-corrected chi connectivity index (χ3v) is 5.61. The van der Waals surface area contributed by atoms with Crippen LogP contribution in [0.2, 0.25) is 0 Å². The number of benzene rings is 1. The number of hydrogen-bond acceptors (Lipinski definition) is 3. The lowest BCUT2D eigenvalue weighted by atomic mass is 10.00. The van der Waals surface area contributed by atoms with Gasteiger partial charge in [0.2, 0.25) is 5.91 Å². The van der Waals surface area contributed by atoms with Crippen LogP contribution in [0.25, 0.3) is 0 Å². The van der Waals surface area contributed by atoms with Gasteiger partial charge in [-0.05, 0) is 43.4 Å². The van der Waals surface area contributed by atoms with E-state index in [1.807, 2.05) is 18.2 Å². The van der Waals surface area contributed by atoms with Crippen molar-refractivity contribution >= 4 is 5.91 Å². The standard InChI is InChI=1S/C20H29NO3/c1-23-16-10-11-19(24-2)17(14-16)18-8-5-13-21(18)20(22)12-9-15-6-3-4-7-15/h10-11,14-15,18H,3-9,12-13H2,1-2H3. The average Bonchev–Trinajstić information content (AvgIpc) is 3.30. The maximum absolute atomic E-state index is 12.8. The van der Waals surface area contributed by atoms with Crippen LogP contribution < -0.4 is 9.47 Å². The third kappa shape index (κ3) is 3.68. The Kier molecular flexibility index (Phi) is 5.64. The summed E-state index contributed by atoms with van der Waals surface area (Å²) in [5.74, 6) is 2.72. The minimum atomic E-state index is 0.117. The first-order valence-corrected chi connectivity index (χ1v) is 9.24. The molecule has 1 aliphatic heterocycles. The second-order valence-corrected chi connectivity index (χ2v) is 7.04. The molecule has 2 fully saturated rings. The van der Waals surface area contributed by atoms with Crippen molar-refractivity contribution in [1.82, 2.24) is 4.90 Å². The van der Waals surface area contributed by atoms with E-state index in [2.05, 4.69) is 4.90 Å². The van der Waals surface area contributed by atoms with Crippen LogP contribution in [0, 0.1) is 5.92 Å². The number of carbonyl (C=O) groups is 1. The Balaban J connectivity index is 1.71. The second-order valence-electron chi connectivity index (χ2n) is 7.04. The summed E-state index contributed by atoms with van der Waals surface area (Å²) in [6.45, 7) is 0.856. The molecule has 3 rings (SSSR count). The molecule has 0 spiro atoms. The topological polar surface area (TPSA) is 38.8 Å². The first kappa shape index (κ1) is 17.1. The fraction of sp³-hybridized carbons (Fsp3) is 0.650. The Hall–Kier alpha value is -1.71. The van der Waals surface area contributed by atoms with Gasteiger partial charge in [-0.15, -0.1) is 0 Å². The van der Waals surface area contributed by atoms with E-state index in [0.29, 0.717) is 12.3 Å². The highest BCUT2D eigenvalue weighted by Crippen LogP contribution is 2.39. The molecule has 1 saturated carbocycles. The maximum atomic E-state index is 12.8. The van der Waals surface area contributed by atoms with Crippen molar-refractivity contribution in [2.75, 3.05) is 20.8 Å². The molecule has 2 aliphatic rings. The molecule has 4 nitrogen and oxygen atoms in total. The van der Waals surface area contributed by atoms with E-state index in [0.717, 1.165) is 48.8 Å². The lowest BCUT2D eigenvalue weighted by Gasteiger charge is -2.27. The molecule has 0 aromatic heterocycles. The van der Waals surface area contributed by atoms with Crippen LogP contribution in [0.1, 0.15) is 63.0 Å². The van der Waals surface area contributed by atoms with Gasteiger partial charge in [0.1, 0.15) is 11.5 Å². The highest BCUT2D eigenvalue weighted by molar-refractivity contribution is 5.77. The summed E-state index contributed by atoms with van der Waals surface area (Å²) in [5.41, 5.74) is 1.07. The van der Waals surface area contributed by atoms with Gasteiger partial charge in [0.05, 0.1) is 20.3 Å². The molecule has 1 aromatic carbocycles. The van der Waals surface area contributed by atoms with Gasteiger partial charge in [-0.1, -0.05) is 25.7 Å². The summed E-state index contributed by atoms with van der Waals surface area (Å²) in [5, 5.41) is 0. The summed E-state index contributed by atoms with van der Waals surface area (Å²) < 4.78 is 10.9. The quantitative estimate of drug-likeness (QED) is 0.778. The Morgan fingerprint density at radius 1 is 1.12 bits per heavy atom. The maximum Gasteiger partial charge on any atom is 0.223 e. The van der Waals surface area contributed by atoms with Gasteiger partial charge < -0.3 is 14.4 Å². The fourth-order valence-corrected chi connectivity index (χ4v) is 4.26. The van der Waals surface area contributed by atoms with Crippen LogP contribution in [0.5, 0.6) is 11.5 Å². The third-order valence-electron chi connectivity index (χ3n) is 5.61. The molecule has 4 heteroatoms. The van der Waals surface area contributed by atoms with Gasteiger partial charge >= 0.3 is 0 Å². The number of likely N-dealkylation sites (tertiary alicyclic amines) is 1. The summed E-state index contributed by atoms with van der Waals surface area (Å²) in [7, 11) is 3.36. The minimum Gasteiger partial charge on any atom is -0.497 e. The Bertz CT molecular complexity index is 566. The van der Waals surface area contributed by atoms with Crippen molar-refractivity contribution in [2.24, 2.45) is 5.92 Å². The number of amides is 1. The highest BCUT2D eigenvalue weighted by Gasteiger charge is 2.32. The molecule has 0 N–H and O–H groups in total. The van der Waals surface area contributed by atoms with Crippen molar-refractivity contribution in [2.45, 2.75) is 57.4 Å². The van der Waals surface area contributed by atoms with Crippen molar-refractivity contribution < 1.29 is 14.3 Å². The molecule has 0 bridgehead atoms. The minimum absolute atomic E-state index is 0.117. The molecule has 1 unspecified atom stereocenters. The van der Waals surface area contributed by atoms with Crippen molar-refractivity contribution in [3.05, 3.63) is 23.8 Å². The van der Waals surface area contributed by atoms with E-state index in [1.165, 1.54) is 25.7 Å². The normalized spacial score (nSPS) is 21.2. The summed E-state index contributed by atoms with van der Waals surface area (Å²) >= 11 is 0. The lowest BCUT2D eigenvalue weighted by Crippen LogP contribution is -2.30. The molecular weight excluding hydrogens is 302 g/mol. The largest absolute Gasteiger partial charge is 0.497 e. The van der Waals surface area contributed by atoms with Crippen LogP contribution in [0.4, 0.5) is 0 Å². The zero-order chi connectivity index (χ0) is 16.9. The van der Waals surface area contributed by atoms with Crippen molar-refractivity contribution in [3.63, 3.8) is 0 Å². The number of rotatable bonds is 6. The predicted octanol–water partition coefficient (Wildman–Crippen LogP) is 4.34. The molecule has 1 heterocycles. The zero-order valence-electron chi connectivity index (χ0n) is 14.9. The van der Waals surface area contributed by atoms with Gasteiger partial charge in [0.25, 0.3) is 0 Å². The van der Waals surface area contributed by atoms with Gasteiger partial charge in [0.15, 0.2) is 0 Å². The zero-order valence-corrected chi connectivity index (χ0v) is 14.9. The van der Waals surface area contributed by atoms with Crippen LogP contribution >= 0.6 is 0 Å². The molecular formula is C20H29NO3. The van der Waals surface area contributed by atoms with Gasteiger partial charge in [-0.2, -0.15) is 0 Å². The number of methoxy groups -OCH3 is 2. The molecule has 1 amide bonds. The average molecular weight is 331 g/mol. The molecule has 1 saturated heterocycles. The summed E-state index contributed by atoms with van der Waals surface area (Å²) in [6.07, 6.45) is 9.09. The van der Waals surface area contributed by atoms with E-state index in [9.17, 15) is 4.79 Å². The highest BCUT2D eigenvalue weighted by atomic mass is 16.5. The van der Waals surface area contributed by atoms with Gasteiger partial charge in [0, 0.05) is 18.5 Å². The molecule has 24 heavy (non-hydrogen) atoms. The van der Waals surface area contributed by atoms with Crippen molar-refractivity contribution in [1.29, 1.82) is 0 Å². The molecule has 1 atom stereocenters. The van der Waals surface area contributed by atoms with Gasteiger partial charge in [-0.3, -0.25) is 4.79 Å². The number of nitrogens with zero attached hydrogens (tertiary/aromatic N) is 1. The molecule has 1 aliphatic carbocycles. The fourth-order valence-electron chi connectivity index (χ4n) is 4.26. The van der Waals surface area contributed by atoms with Crippen LogP contribution in [-0.4, -0.2) is 31.6 Å². The van der Waals surface area contributed by atoms with Crippen LogP contribution in [-0.2, 0) is 4.79 Å². The first-order valence-electron chi connectivity index (χ1n) is 9.24. The molecule has 132 valence electrons. The SMILES string of the molecule is COc1ccc(OC)c(C2CCCN2C(=O)CCC2CCCC2)c1. The van der Waals surface area contributed by atoms with E-state index in [4.69, 9.17) is 9.47 Å². The summed E-state index contributed by atoms with van der Waals surface area (Å²) in [4.78, 5) is 14.9. The van der Waals surface area contributed by atoms with E-state index in [-0.39, 0.29) is 6.04 Å². The monoisotopic (exact) mass is 331 g/mol. The second kappa shape index (κ2) is 7.91. The van der Waals surface area contributed by atoms with Gasteiger partial charge in [-0.25, -0.2) is 0 Å². The Morgan fingerprint density at radius 3 is 2.62 bits per heavy atom. The Labute approximate surface area is 145 Å². The van der Waals surface area contributed by atoms with E-state index in [1.54, 1.807) is 14.2 Å². The number of hydrogen-bond donors (Lipinski definition) is 0. The van der Waals surface area contributed by atoms with Crippen molar-refractivity contribution in [3.8, 4) is 11.5 Å². The number of carbonyl (C=O) groups excluding carboxylic acids is 1. The lowest BCUT2D eigenvalue weighted by molar-refractivity contribution is -0.132. The van der Waals surface area contributed by atoms with Crippen LogP contribution in [0.15, 0.2) is 18.2 Å². The first-order chi connectivity index (χ1) is 11.7. The summed E-state index contributed by atoms with van der Waals surface area (Å²) in [6, 6.07) is 5.98. The smallest absolute Gasteiger partial charge is 0.223 e. The molecule has 0 radical (unpaired) electrons. The molecule has 1 aromatic rings. The van der Waals surface area contributed by atoms with E-state index >= 15 is 0 Å².